The Hall–Kier alpha value is -4.24. The lowest BCUT2D eigenvalue weighted by atomic mass is 10.2. The predicted octanol–water partition coefficient (Wildman–Crippen LogP) is 1.83. The molecule has 0 spiro atoms. The molecule has 14 heteroatoms. The number of sulfonamides is 2. The average molecular weight is 617 g/mol. The van der Waals surface area contributed by atoms with Crippen molar-refractivity contribution in [1.82, 2.24) is 13.4 Å². The maximum atomic E-state index is 13.4. The topological polar surface area (TPSA) is 160 Å². The summed E-state index contributed by atoms with van der Waals surface area (Å²) in [6, 6.07) is 19.4. The van der Waals surface area contributed by atoms with Crippen LogP contribution in [0, 0.1) is 0 Å². The quantitative estimate of drug-likeness (QED) is 0.298. The molecule has 4 aromatic rings. The van der Waals surface area contributed by atoms with Crippen LogP contribution in [0.5, 0.6) is 11.5 Å². The lowest BCUT2D eigenvalue weighted by molar-refractivity contribution is 0.397. The standard InChI is InChI=1S/C22H24N2O5S.C6H8N2O3S/c1-23-16-21(12-13-22(23)25)30(26,27)24(14-17-4-8-19(28-2)9-5-17)15-18-6-10-20(29-3)11-7-18;1-8-4-5(12(7,10)11)2-3-6(8)9/h4-13,16H,14-15H2,1-3H3;2-4H,1H3,(H2,7,10,11). The van der Waals surface area contributed by atoms with Gasteiger partial charge in [-0.05, 0) is 47.5 Å². The number of aryl methyl sites for hydroxylation is 2. The third-order valence-corrected chi connectivity index (χ3v) is 8.79. The third-order valence-electron chi connectivity index (χ3n) is 6.12. The Labute approximate surface area is 244 Å². The minimum atomic E-state index is -3.86. The molecular weight excluding hydrogens is 584 g/mol. The van der Waals surface area contributed by atoms with Crippen molar-refractivity contribution in [2.45, 2.75) is 22.9 Å². The van der Waals surface area contributed by atoms with Gasteiger partial charge in [-0.15, -0.1) is 0 Å². The molecule has 42 heavy (non-hydrogen) atoms. The van der Waals surface area contributed by atoms with Gasteiger partial charge in [-0.2, -0.15) is 4.31 Å². The number of rotatable bonds is 9. The number of hydrogen-bond donors (Lipinski definition) is 1. The van der Waals surface area contributed by atoms with E-state index in [-0.39, 0.29) is 34.0 Å². The molecule has 0 aliphatic carbocycles. The molecule has 0 unspecified atom stereocenters. The molecule has 0 bridgehead atoms. The van der Waals surface area contributed by atoms with Gasteiger partial charge < -0.3 is 18.6 Å². The summed E-state index contributed by atoms with van der Waals surface area (Å²) in [5, 5.41) is 4.83. The number of benzene rings is 2. The number of methoxy groups -OCH3 is 2. The molecule has 0 saturated carbocycles. The van der Waals surface area contributed by atoms with Gasteiger partial charge in [0.05, 0.1) is 24.0 Å². The van der Waals surface area contributed by atoms with Gasteiger partial charge in [0.1, 0.15) is 11.5 Å². The highest BCUT2D eigenvalue weighted by Crippen LogP contribution is 2.23. The SMILES string of the molecule is COc1ccc(CN(Cc2ccc(OC)cc2)S(=O)(=O)c2ccc(=O)n(C)c2)cc1.Cn1cc(S(N)(=O)=O)ccc1=O. The van der Waals surface area contributed by atoms with E-state index < -0.39 is 20.0 Å². The van der Waals surface area contributed by atoms with E-state index in [2.05, 4.69) is 0 Å². The van der Waals surface area contributed by atoms with E-state index in [0.717, 1.165) is 21.8 Å². The van der Waals surface area contributed by atoms with Crippen molar-refractivity contribution in [1.29, 1.82) is 0 Å². The molecule has 0 saturated heterocycles. The maximum Gasteiger partial charge on any atom is 0.250 e. The highest BCUT2D eigenvalue weighted by molar-refractivity contribution is 7.89. The number of aromatic nitrogens is 2. The van der Waals surface area contributed by atoms with Gasteiger partial charge in [0.15, 0.2) is 0 Å². The van der Waals surface area contributed by atoms with Crippen LogP contribution in [0.15, 0.2) is 105 Å². The summed E-state index contributed by atoms with van der Waals surface area (Å²) in [5.41, 5.74) is 1.09. The molecule has 2 aromatic carbocycles. The zero-order valence-electron chi connectivity index (χ0n) is 23.5. The van der Waals surface area contributed by atoms with Crippen LogP contribution in [0.4, 0.5) is 0 Å². The van der Waals surface area contributed by atoms with Gasteiger partial charge in [0, 0.05) is 51.7 Å². The van der Waals surface area contributed by atoms with Crippen LogP contribution >= 0.6 is 0 Å². The van der Waals surface area contributed by atoms with E-state index in [1.165, 1.54) is 53.6 Å². The number of pyridine rings is 2. The van der Waals surface area contributed by atoms with Crippen molar-refractivity contribution in [3.05, 3.63) is 117 Å². The van der Waals surface area contributed by atoms with Gasteiger partial charge in [-0.25, -0.2) is 22.0 Å². The first-order valence-corrected chi connectivity index (χ1v) is 15.4. The molecule has 0 fully saturated rings. The van der Waals surface area contributed by atoms with Crippen LogP contribution in [0.2, 0.25) is 0 Å². The van der Waals surface area contributed by atoms with E-state index >= 15 is 0 Å². The molecule has 0 aliphatic rings. The van der Waals surface area contributed by atoms with E-state index in [4.69, 9.17) is 14.6 Å². The first-order valence-electron chi connectivity index (χ1n) is 12.4. The minimum absolute atomic E-state index is 0.0617. The van der Waals surface area contributed by atoms with Gasteiger partial charge in [0.2, 0.25) is 31.2 Å². The summed E-state index contributed by atoms with van der Waals surface area (Å²) in [4.78, 5) is 22.5. The lowest BCUT2D eigenvalue weighted by Gasteiger charge is -2.23. The van der Waals surface area contributed by atoms with Crippen LogP contribution in [-0.4, -0.2) is 44.5 Å². The zero-order valence-corrected chi connectivity index (χ0v) is 25.1. The Morgan fingerprint density at radius 2 is 1.02 bits per heavy atom. The largest absolute Gasteiger partial charge is 0.497 e. The molecule has 2 N–H and O–H groups in total. The smallest absolute Gasteiger partial charge is 0.250 e. The van der Waals surface area contributed by atoms with Crippen LogP contribution < -0.4 is 25.7 Å². The molecule has 0 radical (unpaired) electrons. The average Bonchev–Trinajstić information content (AvgIpc) is 2.96. The Balaban J connectivity index is 0.000000337. The Morgan fingerprint density at radius 3 is 1.38 bits per heavy atom. The van der Waals surface area contributed by atoms with Crippen molar-refractivity contribution in [2.24, 2.45) is 19.2 Å². The fourth-order valence-electron chi connectivity index (χ4n) is 3.70. The molecule has 0 atom stereocenters. The molecule has 2 aromatic heterocycles. The first kappa shape index (κ1) is 32.3. The Morgan fingerprint density at radius 1 is 0.643 bits per heavy atom. The number of nitrogens with two attached hydrogens (primary N) is 1. The highest BCUT2D eigenvalue weighted by atomic mass is 32.2. The minimum Gasteiger partial charge on any atom is -0.497 e. The summed E-state index contributed by atoms with van der Waals surface area (Å²) < 4.78 is 62.5. The summed E-state index contributed by atoms with van der Waals surface area (Å²) in [6.07, 6.45) is 2.52. The normalized spacial score (nSPS) is 11.5. The van der Waals surface area contributed by atoms with Crippen molar-refractivity contribution in [3.63, 3.8) is 0 Å². The second-order valence-corrected chi connectivity index (χ2v) is 12.6. The molecule has 2 heterocycles. The van der Waals surface area contributed by atoms with Crippen LogP contribution in [0.1, 0.15) is 11.1 Å². The van der Waals surface area contributed by atoms with Gasteiger partial charge in [-0.1, -0.05) is 24.3 Å². The summed E-state index contributed by atoms with van der Waals surface area (Å²) in [5.74, 6) is 1.39. The van der Waals surface area contributed by atoms with Crippen LogP contribution in [0.25, 0.3) is 0 Å². The van der Waals surface area contributed by atoms with Crippen LogP contribution in [-0.2, 0) is 47.2 Å². The summed E-state index contributed by atoms with van der Waals surface area (Å²) >= 11 is 0. The number of primary sulfonamides is 1. The van der Waals surface area contributed by atoms with Crippen molar-refractivity contribution >= 4 is 20.0 Å². The van der Waals surface area contributed by atoms with E-state index in [9.17, 15) is 26.4 Å². The lowest BCUT2D eigenvalue weighted by Crippen LogP contribution is -2.31. The number of ether oxygens (including phenoxy) is 2. The van der Waals surface area contributed by atoms with E-state index in [0.29, 0.717) is 11.5 Å². The maximum absolute atomic E-state index is 13.4. The summed E-state index contributed by atoms with van der Waals surface area (Å²) in [7, 11) is -1.42. The van der Waals surface area contributed by atoms with Crippen molar-refractivity contribution < 1.29 is 26.3 Å². The third kappa shape index (κ3) is 8.39. The second-order valence-electron chi connectivity index (χ2n) is 9.14. The molecule has 224 valence electrons. The Bertz CT molecular complexity index is 1800. The van der Waals surface area contributed by atoms with Crippen LogP contribution in [0.3, 0.4) is 0 Å². The van der Waals surface area contributed by atoms with E-state index in [1.807, 2.05) is 24.3 Å². The molecule has 12 nitrogen and oxygen atoms in total. The fourth-order valence-corrected chi connectivity index (χ4v) is 5.73. The van der Waals surface area contributed by atoms with Gasteiger partial charge in [-0.3, -0.25) is 9.59 Å². The predicted molar refractivity (Wildman–Crippen MR) is 157 cm³/mol. The zero-order chi connectivity index (χ0) is 31.1. The number of nitrogens with zero attached hydrogens (tertiary/aromatic N) is 3. The fraction of sp³-hybridized carbons (Fsp3) is 0.214. The van der Waals surface area contributed by atoms with Crippen molar-refractivity contribution in [3.8, 4) is 11.5 Å². The van der Waals surface area contributed by atoms with Gasteiger partial charge in [0.25, 0.3) is 0 Å². The second kappa shape index (κ2) is 13.6. The monoisotopic (exact) mass is 616 g/mol. The Kier molecular flexibility index (Phi) is 10.5. The van der Waals surface area contributed by atoms with E-state index in [1.54, 1.807) is 38.5 Å². The molecule has 0 amide bonds. The number of hydrogen-bond acceptors (Lipinski definition) is 8. The molecule has 0 aliphatic heterocycles. The van der Waals surface area contributed by atoms with Gasteiger partial charge >= 0.3 is 0 Å². The molecular formula is C28H32N4O8S2. The highest BCUT2D eigenvalue weighted by Gasteiger charge is 2.26. The van der Waals surface area contributed by atoms with Crippen molar-refractivity contribution in [2.75, 3.05) is 14.2 Å². The molecule has 4 rings (SSSR count). The first-order chi connectivity index (χ1) is 19.7. The summed E-state index contributed by atoms with van der Waals surface area (Å²) in [6.45, 7) is 0.336.